The van der Waals surface area contributed by atoms with Crippen LogP contribution in [0.15, 0.2) is 57.2 Å². The molecule has 0 spiro atoms. The fraction of sp³-hybridized carbons (Fsp3) is 0.143. The van der Waals surface area contributed by atoms with Gasteiger partial charge in [-0.15, -0.1) is 0 Å². The molecule has 0 saturated heterocycles. The number of hydrogen-bond acceptors (Lipinski definition) is 5. The minimum absolute atomic E-state index is 0.310. The predicted octanol–water partition coefficient (Wildman–Crippen LogP) is 2.83. The van der Waals surface area contributed by atoms with Crippen LogP contribution in [0.4, 0.5) is 5.69 Å². The fourth-order valence-corrected chi connectivity index (χ4v) is 3.10. The summed E-state index contributed by atoms with van der Waals surface area (Å²) in [6.45, 7) is 0. The van der Waals surface area contributed by atoms with Crippen LogP contribution >= 0.6 is 11.8 Å². The van der Waals surface area contributed by atoms with Crippen LogP contribution < -0.4 is 10.5 Å². The van der Waals surface area contributed by atoms with Gasteiger partial charge in [0.05, 0.1) is 12.0 Å². The summed E-state index contributed by atoms with van der Waals surface area (Å²) < 4.78 is 27.9. The van der Waals surface area contributed by atoms with Gasteiger partial charge < -0.3 is 10.5 Å². The average molecular weight is 309 g/mol. The van der Waals surface area contributed by atoms with E-state index in [1.54, 1.807) is 37.4 Å². The number of anilines is 1. The van der Waals surface area contributed by atoms with Crippen molar-refractivity contribution in [1.82, 2.24) is 0 Å². The van der Waals surface area contributed by atoms with Gasteiger partial charge in [-0.2, -0.15) is 0 Å². The van der Waals surface area contributed by atoms with E-state index < -0.39 is 9.84 Å². The van der Waals surface area contributed by atoms with Crippen molar-refractivity contribution in [1.29, 1.82) is 0 Å². The lowest BCUT2D eigenvalue weighted by molar-refractivity contribution is 0.415. The summed E-state index contributed by atoms with van der Waals surface area (Å²) in [7, 11) is -1.57. The van der Waals surface area contributed by atoms with Crippen molar-refractivity contribution in [2.75, 3.05) is 19.1 Å². The molecule has 0 bridgehead atoms. The summed E-state index contributed by atoms with van der Waals surface area (Å²) in [5.74, 6) is 0.708. The SMILES string of the molecule is COc1ccc(Sc2ccc(S(C)(=O)=O)cc2)c(N)c1. The maximum Gasteiger partial charge on any atom is 0.175 e. The van der Waals surface area contributed by atoms with E-state index in [0.717, 1.165) is 9.79 Å². The molecule has 0 aliphatic heterocycles. The first-order chi connectivity index (χ1) is 9.40. The second-order valence-corrected chi connectivity index (χ2v) is 7.38. The first-order valence-electron chi connectivity index (χ1n) is 5.81. The molecule has 0 heterocycles. The highest BCUT2D eigenvalue weighted by Gasteiger charge is 2.08. The molecule has 0 fully saturated rings. The lowest BCUT2D eigenvalue weighted by Crippen LogP contribution is -1.96. The van der Waals surface area contributed by atoms with Gasteiger partial charge in [0, 0.05) is 27.8 Å². The molecule has 6 heteroatoms. The maximum absolute atomic E-state index is 11.4. The van der Waals surface area contributed by atoms with E-state index in [1.807, 2.05) is 12.1 Å². The Hall–Kier alpha value is -1.66. The Morgan fingerprint density at radius 1 is 1.10 bits per heavy atom. The van der Waals surface area contributed by atoms with Gasteiger partial charge >= 0.3 is 0 Å². The third kappa shape index (κ3) is 3.46. The molecule has 0 atom stereocenters. The lowest BCUT2D eigenvalue weighted by atomic mass is 10.3. The van der Waals surface area contributed by atoms with Crippen molar-refractivity contribution in [3.8, 4) is 5.75 Å². The molecule has 20 heavy (non-hydrogen) atoms. The molecule has 0 radical (unpaired) electrons. The maximum atomic E-state index is 11.4. The van der Waals surface area contributed by atoms with Crippen molar-refractivity contribution in [3.05, 3.63) is 42.5 Å². The lowest BCUT2D eigenvalue weighted by Gasteiger charge is -2.08. The van der Waals surface area contributed by atoms with Crippen molar-refractivity contribution in [3.63, 3.8) is 0 Å². The van der Waals surface area contributed by atoms with Crippen LogP contribution in [0.25, 0.3) is 0 Å². The third-order valence-electron chi connectivity index (χ3n) is 2.70. The zero-order chi connectivity index (χ0) is 14.8. The molecule has 0 unspecified atom stereocenters. The normalized spacial score (nSPS) is 11.3. The average Bonchev–Trinajstić information content (AvgIpc) is 2.40. The van der Waals surface area contributed by atoms with Crippen LogP contribution in [0.3, 0.4) is 0 Å². The Morgan fingerprint density at radius 3 is 2.25 bits per heavy atom. The van der Waals surface area contributed by atoms with Crippen LogP contribution in [0.2, 0.25) is 0 Å². The number of nitrogen functional groups attached to an aromatic ring is 1. The van der Waals surface area contributed by atoms with Crippen LogP contribution in [-0.4, -0.2) is 21.8 Å². The Labute approximate surface area is 122 Å². The van der Waals surface area contributed by atoms with Gasteiger partial charge in [-0.3, -0.25) is 0 Å². The molecule has 0 amide bonds. The van der Waals surface area contributed by atoms with Crippen LogP contribution in [-0.2, 0) is 9.84 Å². The number of methoxy groups -OCH3 is 1. The second-order valence-electron chi connectivity index (χ2n) is 4.25. The molecule has 2 aromatic rings. The van der Waals surface area contributed by atoms with Crippen LogP contribution in [0.5, 0.6) is 5.75 Å². The summed E-state index contributed by atoms with van der Waals surface area (Å²) in [6.07, 6.45) is 1.19. The first kappa shape index (κ1) is 14.7. The summed E-state index contributed by atoms with van der Waals surface area (Å²) in [4.78, 5) is 2.14. The number of sulfone groups is 1. The zero-order valence-corrected chi connectivity index (χ0v) is 12.8. The summed E-state index contributed by atoms with van der Waals surface area (Å²) >= 11 is 1.48. The van der Waals surface area contributed by atoms with Crippen molar-refractivity contribution in [2.45, 2.75) is 14.7 Å². The van der Waals surface area contributed by atoms with E-state index in [4.69, 9.17) is 10.5 Å². The second kappa shape index (κ2) is 5.76. The topological polar surface area (TPSA) is 69.4 Å². The molecule has 4 nitrogen and oxygen atoms in total. The molecular formula is C14H15NO3S2. The first-order valence-corrected chi connectivity index (χ1v) is 8.52. The fourth-order valence-electron chi connectivity index (χ4n) is 1.63. The molecule has 0 saturated carbocycles. The van der Waals surface area contributed by atoms with Gasteiger partial charge in [0.15, 0.2) is 9.84 Å². The highest BCUT2D eigenvalue weighted by molar-refractivity contribution is 7.99. The molecule has 2 aromatic carbocycles. The third-order valence-corrected chi connectivity index (χ3v) is 4.92. The van der Waals surface area contributed by atoms with E-state index in [0.29, 0.717) is 16.3 Å². The monoisotopic (exact) mass is 309 g/mol. The number of hydrogen-bond donors (Lipinski definition) is 1. The van der Waals surface area contributed by atoms with Gasteiger partial charge in [0.2, 0.25) is 0 Å². The Morgan fingerprint density at radius 2 is 1.75 bits per heavy atom. The highest BCUT2D eigenvalue weighted by Crippen LogP contribution is 2.34. The van der Waals surface area contributed by atoms with Crippen molar-refractivity contribution >= 4 is 27.3 Å². The van der Waals surface area contributed by atoms with E-state index in [1.165, 1.54) is 18.0 Å². The number of ether oxygens (including phenoxy) is 1. The van der Waals surface area contributed by atoms with E-state index >= 15 is 0 Å². The minimum atomic E-state index is -3.16. The minimum Gasteiger partial charge on any atom is -0.497 e. The molecule has 0 aliphatic carbocycles. The quantitative estimate of drug-likeness (QED) is 0.880. The molecule has 2 N–H and O–H groups in total. The zero-order valence-electron chi connectivity index (χ0n) is 11.2. The van der Waals surface area contributed by atoms with Gasteiger partial charge in [0.1, 0.15) is 5.75 Å². The molecular weight excluding hydrogens is 294 g/mol. The van der Waals surface area contributed by atoms with Gasteiger partial charge in [0.25, 0.3) is 0 Å². The molecule has 2 rings (SSSR count). The Balaban J connectivity index is 2.22. The van der Waals surface area contributed by atoms with Crippen LogP contribution in [0.1, 0.15) is 0 Å². The van der Waals surface area contributed by atoms with Crippen molar-refractivity contribution < 1.29 is 13.2 Å². The standard InChI is InChI=1S/C14H15NO3S2/c1-18-10-3-8-14(13(15)9-10)19-11-4-6-12(7-5-11)20(2,16)17/h3-9H,15H2,1-2H3. The van der Waals surface area contributed by atoms with Gasteiger partial charge in [-0.05, 0) is 36.4 Å². The number of rotatable bonds is 4. The number of nitrogens with two attached hydrogens (primary N) is 1. The highest BCUT2D eigenvalue weighted by atomic mass is 32.2. The van der Waals surface area contributed by atoms with E-state index in [-0.39, 0.29) is 0 Å². The summed E-state index contributed by atoms with van der Waals surface area (Å²) in [5, 5.41) is 0. The van der Waals surface area contributed by atoms with Crippen LogP contribution in [0, 0.1) is 0 Å². The van der Waals surface area contributed by atoms with E-state index in [9.17, 15) is 8.42 Å². The number of benzene rings is 2. The van der Waals surface area contributed by atoms with Gasteiger partial charge in [-0.25, -0.2) is 8.42 Å². The molecule has 0 aliphatic rings. The van der Waals surface area contributed by atoms with Crippen molar-refractivity contribution in [2.24, 2.45) is 0 Å². The summed E-state index contributed by atoms with van der Waals surface area (Å²) in [5.41, 5.74) is 6.57. The van der Waals surface area contributed by atoms with Gasteiger partial charge in [-0.1, -0.05) is 11.8 Å². The Bertz CT molecular complexity index is 710. The predicted molar refractivity (Wildman–Crippen MR) is 81.1 cm³/mol. The molecule has 106 valence electrons. The molecule has 0 aromatic heterocycles. The largest absolute Gasteiger partial charge is 0.497 e. The smallest absolute Gasteiger partial charge is 0.175 e. The van der Waals surface area contributed by atoms with E-state index in [2.05, 4.69) is 0 Å². The Kier molecular flexibility index (Phi) is 4.25. The summed E-state index contributed by atoms with van der Waals surface area (Å²) in [6, 6.07) is 12.2.